The normalized spacial score (nSPS) is 14.2. The van der Waals surface area contributed by atoms with Crippen molar-refractivity contribution in [2.75, 3.05) is 0 Å². The summed E-state index contributed by atoms with van der Waals surface area (Å²) in [4.78, 5) is 5.05. The van der Waals surface area contributed by atoms with Gasteiger partial charge in [-0.15, -0.1) is 0 Å². The van der Waals surface area contributed by atoms with Crippen molar-refractivity contribution in [1.29, 1.82) is 0 Å². The number of benzene rings is 2. The van der Waals surface area contributed by atoms with E-state index in [0.29, 0.717) is 0 Å². The average Bonchev–Trinajstić information content (AvgIpc) is 3.11. The van der Waals surface area contributed by atoms with Crippen molar-refractivity contribution in [1.82, 2.24) is 15.2 Å². The van der Waals surface area contributed by atoms with Crippen molar-refractivity contribution >= 4 is 21.8 Å². The molecule has 0 amide bonds. The molecule has 0 spiro atoms. The summed E-state index contributed by atoms with van der Waals surface area (Å²) in [5.74, 6) is 0.283. The van der Waals surface area contributed by atoms with Gasteiger partial charge in [-0.25, -0.2) is 4.98 Å². The van der Waals surface area contributed by atoms with Gasteiger partial charge in [0.1, 0.15) is 5.75 Å². The van der Waals surface area contributed by atoms with Crippen LogP contribution >= 0.6 is 0 Å². The molecule has 0 fully saturated rings. The van der Waals surface area contributed by atoms with E-state index < -0.39 is 0 Å². The molecule has 2 heterocycles. The second-order valence-electron chi connectivity index (χ2n) is 6.46. The first-order chi connectivity index (χ1) is 11.8. The molecule has 2 aromatic heterocycles. The van der Waals surface area contributed by atoms with Crippen LogP contribution in [0.4, 0.5) is 0 Å². The predicted octanol–water partition coefficient (Wildman–Crippen LogP) is 4.36. The second-order valence-corrected chi connectivity index (χ2v) is 6.46. The molecule has 2 aromatic carbocycles. The number of aromatic hydroxyl groups is 1. The minimum atomic E-state index is 0.283. The lowest BCUT2D eigenvalue weighted by molar-refractivity contribution is 0.475. The van der Waals surface area contributed by atoms with E-state index in [0.717, 1.165) is 40.5 Å². The highest BCUT2D eigenvalue weighted by molar-refractivity contribution is 6.06. The maximum Gasteiger partial charge on any atom is 0.115 e. The van der Waals surface area contributed by atoms with E-state index in [2.05, 4.69) is 22.3 Å². The fraction of sp³-hybridized carbons (Fsp3) is 0.200. The number of nitrogens with one attached hydrogen (secondary N) is 1. The highest BCUT2D eigenvalue weighted by Crippen LogP contribution is 2.37. The van der Waals surface area contributed by atoms with E-state index in [1.807, 2.05) is 18.3 Å². The Morgan fingerprint density at radius 3 is 2.50 bits per heavy atom. The predicted molar refractivity (Wildman–Crippen MR) is 95.1 cm³/mol. The van der Waals surface area contributed by atoms with Gasteiger partial charge in [-0.2, -0.15) is 5.10 Å². The number of aryl methyl sites for hydroxylation is 1. The Hall–Kier alpha value is -2.88. The number of hydrogen-bond donors (Lipinski definition) is 2. The van der Waals surface area contributed by atoms with Crippen LogP contribution in [0.1, 0.15) is 24.0 Å². The van der Waals surface area contributed by atoms with Crippen molar-refractivity contribution in [2.45, 2.75) is 25.7 Å². The summed E-state index contributed by atoms with van der Waals surface area (Å²) in [5, 5.41) is 19.1. The number of aromatic amines is 1. The first-order valence-corrected chi connectivity index (χ1v) is 8.38. The lowest BCUT2D eigenvalue weighted by Crippen LogP contribution is -2.07. The highest BCUT2D eigenvalue weighted by atomic mass is 16.3. The van der Waals surface area contributed by atoms with Crippen molar-refractivity contribution < 1.29 is 5.11 Å². The Balaban J connectivity index is 1.89. The van der Waals surface area contributed by atoms with E-state index in [4.69, 9.17) is 4.98 Å². The number of fused-ring (bicyclic) bond motifs is 5. The van der Waals surface area contributed by atoms with Crippen LogP contribution in [0.2, 0.25) is 0 Å². The lowest BCUT2D eigenvalue weighted by Gasteiger charge is -2.21. The van der Waals surface area contributed by atoms with Crippen LogP contribution in [-0.4, -0.2) is 20.3 Å². The van der Waals surface area contributed by atoms with E-state index in [9.17, 15) is 5.11 Å². The van der Waals surface area contributed by atoms with E-state index in [1.54, 1.807) is 12.1 Å². The van der Waals surface area contributed by atoms with Crippen LogP contribution in [0, 0.1) is 0 Å². The molecule has 1 aliphatic carbocycles. The van der Waals surface area contributed by atoms with Gasteiger partial charge in [0.2, 0.25) is 0 Å². The fourth-order valence-corrected chi connectivity index (χ4v) is 3.87. The van der Waals surface area contributed by atoms with Crippen molar-refractivity contribution in [3.05, 3.63) is 53.7 Å². The number of H-pyrrole nitrogens is 1. The van der Waals surface area contributed by atoms with Crippen LogP contribution in [0.15, 0.2) is 42.6 Å². The summed E-state index contributed by atoms with van der Waals surface area (Å²) in [6.07, 6.45) is 6.46. The first-order valence-electron chi connectivity index (χ1n) is 8.38. The van der Waals surface area contributed by atoms with Gasteiger partial charge in [0, 0.05) is 16.3 Å². The number of hydrogen-bond acceptors (Lipinski definition) is 3. The Bertz CT molecular complexity index is 1060. The maximum absolute atomic E-state index is 9.59. The molecule has 0 aliphatic heterocycles. The minimum absolute atomic E-state index is 0.283. The van der Waals surface area contributed by atoms with Crippen LogP contribution in [0.25, 0.3) is 33.1 Å². The minimum Gasteiger partial charge on any atom is -0.508 e. The number of rotatable bonds is 1. The summed E-state index contributed by atoms with van der Waals surface area (Å²) in [7, 11) is 0. The van der Waals surface area contributed by atoms with E-state index >= 15 is 0 Å². The van der Waals surface area contributed by atoms with E-state index in [-0.39, 0.29) is 5.75 Å². The second kappa shape index (κ2) is 5.06. The number of phenols is 1. The van der Waals surface area contributed by atoms with Gasteiger partial charge in [0.25, 0.3) is 0 Å². The van der Waals surface area contributed by atoms with Crippen LogP contribution in [-0.2, 0) is 12.8 Å². The lowest BCUT2D eigenvalue weighted by atomic mass is 9.86. The molecule has 1 aliphatic rings. The summed E-state index contributed by atoms with van der Waals surface area (Å²) in [6, 6.07) is 11.6. The third-order valence-electron chi connectivity index (χ3n) is 5.04. The maximum atomic E-state index is 9.59. The fourth-order valence-electron chi connectivity index (χ4n) is 3.87. The largest absolute Gasteiger partial charge is 0.508 e. The molecule has 0 atom stereocenters. The van der Waals surface area contributed by atoms with Crippen LogP contribution in [0.3, 0.4) is 0 Å². The standard InChI is InChI=1S/C20H17N3O/c24-13-7-5-12(6-8-13)19-15-4-2-1-3-14(15)16-9-10-18-17(11-21-23-18)20(16)22-19/h5-11,24H,1-4H2,(H,21,23). The quantitative estimate of drug-likeness (QED) is 0.548. The summed E-state index contributed by atoms with van der Waals surface area (Å²) in [6.45, 7) is 0. The van der Waals surface area contributed by atoms with Crippen molar-refractivity contribution in [3.63, 3.8) is 0 Å². The molecule has 24 heavy (non-hydrogen) atoms. The first kappa shape index (κ1) is 13.5. The van der Waals surface area contributed by atoms with Crippen LogP contribution in [0.5, 0.6) is 5.75 Å². The van der Waals surface area contributed by atoms with E-state index in [1.165, 1.54) is 29.4 Å². The third kappa shape index (κ3) is 1.92. The van der Waals surface area contributed by atoms with Gasteiger partial charge in [-0.1, -0.05) is 6.07 Å². The number of nitrogens with zero attached hydrogens (tertiary/aromatic N) is 2. The van der Waals surface area contributed by atoms with Crippen LogP contribution < -0.4 is 0 Å². The van der Waals surface area contributed by atoms with Gasteiger partial charge in [0.15, 0.2) is 0 Å². The zero-order valence-electron chi connectivity index (χ0n) is 13.2. The smallest absolute Gasteiger partial charge is 0.115 e. The molecule has 0 unspecified atom stereocenters. The summed E-state index contributed by atoms with van der Waals surface area (Å²) >= 11 is 0. The average molecular weight is 315 g/mol. The molecular formula is C20H17N3O. The Morgan fingerprint density at radius 2 is 1.67 bits per heavy atom. The molecule has 118 valence electrons. The molecule has 0 saturated heterocycles. The molecular weight excluding hydrogens is 298 g/mol. The molecule has 2 N–H and O–H groups in total. The summed E-state index contributed by atoms with van der Waals surface area (Å²) in [5.41, 5.74) is 6.94. The number of pyridine rings is 1. The van der Waals surface area contributed by atoms with Crippen molar-refractivity contribution in [2.24, 2.45) is 0 Å². The van der Waals surface area contributed by atoms with Gasteiger partial charge in [-0.3, -0.25) is 5.10 Å². The molecule has 4 heteroatoms. The van der Waals surface area contributed by atoms with Gasteiger partial charge in [0.05, 0.1) is 22.9 Å². The zero-order valence-corrected chi connectivity index (χ0v) is 13.2. The van der Waals surface area contributed by atoms with Gasteiger partial charge >= 0.3 is 0 Å². The molecule has 0 bridgehead atoms. The Labute approximate surface area is 139 Å². The molecule has 4 aromatic rings. The third-order valence-corrected chi connectivity index (χ3v) is 5.04. The Morgan fingerprint density at radius 1 is 0.875 bits per heavy atom. The molecule has 0 saturated carbocycles. The van der Waals surface area contributed by atoms with Gasteiger partial charge < -0.3 is 5.11 Å². The SMILES string of the molecule is Oc1ccc(-c2nc3c(ccc4[nH]ncc43)c3c2CCCC3)cc1. The Kier molecular flexibility index (Phi) is 2.86. The summed E-state index contributed by atoms with van der Waals surface area (Å²) < 4.78 is 0. The molecule has 4 nitrogen and oxygen atoms in total. The number of aromatic nitrogens is 3. The molecule has 5 rings (SSSR count). The highest BCUT2D eigenvalue weighted by Gasteiger charge is 2.20. The number of phenolic OH excluding ortho intramolecular Hbond substituents is 1. The zero-order chi connectivity index (χ0) is 16.1. The molecule has 0 radical (unpaired) electrons. The topological polar surface area (TPSA) is 61.8 Å². The van der Waals surface area contributed by atoms with Crippen molar-refractivity contribution in [3.8, 4) is 17.0 Å². The monoisotopic (exact) mass is 315 g/mol. The van der Waals surface area contributed by atoms with Gasteiger partial charge in [-0.05, 0) is 67.1 Å².